The SMILES string of the molecule is Cc1ccc(CNC(=O)CSc2nc(Nc3ccc(F)cc3)c3ccccc3n2)cc1. The number of benzene rings is 3. The summed E-state index contributed by atoms with van der Waals surface area (Å²) in [5, 5.41) is 7.48. The first-order valence-electron chi connectivity index (χ1n) is 9.81. The van der Waals surface area contributed by atoms with Gasteiger partial charge < -0.3 is 10.6 Å². The van der Waals surface area contributed by atoms with E-state index in [-0.39, 0.29) is 17.5 Å². The van der Waals surface area contributed by atoms with Crippen molar-refractivity contribution in [2.45, 2.75) is 18.6 Å². The Labute approximate surface area is 184 Å². The van der Waals surface area contributed by atoms with Crippen LogP contribution in [0.3, 0.4) is 0 Å². The molecule has 0 aliphatic heterocycles. The van der Waals surface area contributed by atoms with Gasteiger partial charge in [-0.2, -0.15) is 0 Å². The Hall–Kier alpha value is -3.45. The van der Waals surface area contributed by atoms with E-state index < -0.39 is 0 Å². The minimum atomic E-state index is -0.300. The lowest BCUT2D eigenvalue weighted by Crippen LogP contribution is -2.24. The molecule has 0 radical (unpaired) electrons. The van der Waals surface area contributed by atoms with Crippen LogP contribution in [0.2, 0.25) is 0 Å². The Morgan fingerprint density at radius 3 is 2.48 bits per heavy atom. The molecule has 5 nitrogen and oxygen atoms in total. The van der Waals surface area contributed by atoms with E-state index in [4.69, 9.17) is 0 Å². The van der Waals surface area contributed by atoms with Crippen LogP contribution >= 0.6 is 11.8 Å². The first-order chi connectivity index (χ1) is 15.1. The average molecular weight is 433 g/mol. The topological polar surface area (TPSA) is 66.9 Å². The highest BCUT2D eigenvalue weighted by atomic mass is 32.2. The number of para-hydroxylation sites is 1. The zero-order valence-electron chi connectivity index (χ0n) is 16.9. The maximum absolute atomic E-state index is 13.2. The van der Waals surface area contributed by atoms with Gasteiger partial charge in [0.2, 0.25) is 5.91 Å². The van der Waals surface area contributed by atoms with Gasteiger partial charge in [0.15, 0.2) is 5.16 Å². The van der Waals surface area contributed by atoms with Crippen LogP contribution in [0.5, 0.6) is 0 Å². The van der Waals surface area contributed by atoms with Crippen molar-refractivity contribution in [1.29, 1.82) is 0 Å². The van der Waals surface area contributed by atoms with Crippen LogP contribution in [0.1, 0.15) is 11.1 Å². The van der Waals surface area contributed by atoms with Gasteiger partial charge in [-0.1, -0.05) is 53.7 Å². The molecular formula is C24H21FN4OS. The third kappa shape index (κ3) is 5.58. The van der Waals surface area contributed by atoms with E-state index >= 15 is 0 Å². The van der Waals surface area contributed by atoms with Gasteiger partial charge in [0, 0.05) is 17.6 Å². The zero-order valence-corrected chi connectivity index (χ0v) is 17.7. The number of rotatable bonds is 7. The average Bonchev–Trinajstić information content (AvgIpc) is 2.79. The molecule has 0 saturated heterocycles. The highest BCUT2D eigenvalue weighted by molar-refractivity contribution is 7.99. The van der Waals surface area contributed by atoms with E-state index in [1.54, 1.807) is 12.1 Å². The van der Waals surface area contributed by atoms with Gasteiger partial charge in [-0.25, -0.2) is 14.4 Å². The summed E-state index contributed by atoms with van der Waals surface area (Å²) >= 11 is 1.27. The van der Waals surface area contributed by atoms with Crippen molar-refractivity contribution in [2.75, 3.05) is 11.1 Å². The van der Waals surface area contributed by atoms with E-state index in [2.05, 4.69) is 20.6 Å². The lowest BCUT2D eigenvalue weighted by molar-refractivity contribution is -0.118. The molecule has 0 atom stereocenters. The summed E-state index contributed by atoms with van der Waals surface area (Å²) in [4.78, 5) is 21.4. The fourth-order valence-corrected chi connectivity index (χ4v) is 3.65. The largest absolute Gasteiger partial charge is 0.351 e. The lowest BCUT2D eigenvalue weighted by atomic mass is 10.1. The van der Waals surface area contributed by atoms with Gasteiger partial charge in [0.1, 0.15) is 11.6 Å². The number of anilines is 2. The molecule has 0 fully saturated rings. The Bertz CT molecular complexity index is 1200. The number of aryl methyl sites for hydroxylation is 1. The maximum Gasteiger partial charge on any atom is 0.230 e. The number of carbonyl (C=O) groups excluding carboxylic acids is 1. The molecule has 3 aromatic carbocycles. The van der Waals surface area contributed by atoms with Crippen LogP contribution in [0.25, 0.3) is 10.9 Å². The smallest absolute Gasteiger partial charge is 0.230 e. The maximum atomic E-state index is 13.2. The van der Waals surface area contributed by atoms with Crippen LogP contribution in [0.15, 0.2) is 78.0 Å². The number of fused-ring (bicyclic) bond motifs is 1. The molecule has 0 spiro atoms. The molecule has 1 aromatic heterocycles. The van der Waals surface area contributed by atoms with Crippen LogP contribution < -0.4 is 10.6 Å². The second kappa shape index (κ2) is 9.57. The summed E-state index contributed by atoms with van der Waals surface area (Å²) in [5.41, 5.74) is 3.72. The minimum absolute atomic E-state index is 0.0876. The first kappa shape index (κ1) is 20.8. The molecular weight excluding hydrogens is 411 g/mol. The number of halogens is 1. The number of nitrogens with zero attached hydrogens (tertiary/aromatic N) is 2. The van der Waals surface area contributed by atoms with Crippen molar-refractivity contribution in [3.63, 3.8) is 0 Å². The zero-order chi connectivity index (χ0) is 21.6. The Morgan fingerprint density at radius 1 is 0.968 bits per heavy atom. The molecule has 4 rings (SSSR count). The molecule has 156 valence electrons. The predicted octanol–water partition coefficient (Wildman–Crippen LogP) is 5.23. The van der Waals surface area contributed by atoms with Crippen LogP contribution in [-0.4, -0.2) is 21.6 Å². The fourth-order valence-electron chi connectivity index (χ4n) is 2.97. The molecule has 0 aliphatic rings. The second-order valence-corrected chi connectivity index (χ2v) is 8.00. The van der Waals surface area contributed by atoms with Gasteiger partial charge in [-0.15, -0.1) is 0 Å². The summed E-state index contributed by atoms with van der Waals surface area (Å²) in [7, 11) is 0. The molecule has 4 aromatic rings. The normalized spacial score (nSPS) is 10.8. The summed E-state index contributed by atoms with van der Waals surface area (Å²) in [5.74, 6) is 0.432. The summed E-state index contributed by atoms with van der Waals surface area (Å²) in [6.45, 7) is 2.51. The predicted molar refractivity (Wildman–Crippen MR) is 123 cm³/mol. The number of amides is 1. The van der Waals surface area contributed by atoms with Crippen molar-refractivity contribution in [2.24, 2.45) is 0 Å². The third-order valence-electron chi connectivity index (χ3n) is 4.63. The molecule has 0 unspecified atom stereocenters. The van der Waals surface area contributed by atoms with Gasteiger partial charge in [0.05, 0.1) is 11.3 Å². The van der Waals surface area contributed by atoms with Crippen LogP contribution in [-0.2, 0) is 11.3 Å². The molecule has 0 aliphatic carbocycles. The van der Waals surface area contributed by atoms with E-state index in [0.717, 1.165) is 22.2 Å². The molecule has 1 amide bonds. The van der Waals surface area contributed by atoms with Crippen LogP contribution in [0.4, 0.5) is 15.9 Å². The summed E-state index contributed by atoms with van der Waals surface area (Å²) in [6, 6.07) is 21.8. The number of hydrogen-bond acceptors (Lipinski definition) is 5. The van der Waals surface area contributed by atoms with Crippen molar-refractivity contribution < 1.29 is 9.18 Å². The standard InChI is InChI=1S/C24H21FN4OS/c1-16-6-8-17(9-7-16)14-26-22(30)15-31-24-28-21-5-3-2-4-20(21)23(29-24)27-19-12-10-18(25)11-13-19/h2-13H,14-15H2,1H3,(H,26,30)(H,27,28,29). The fraction of sp³-hybridized carbons (Fsp3) is 0.125. The molecule has 0 bridgehead atoms. The highest BCUT2D eigenvalue weighted by Gasteiger charge is 2.11. The molecule has 31 heavy (non-hydrogen) atoms. The number of thioether (sulfide) groups is 1. The number of nitrogens with one attached hydrogen (secondary N) is 2. The van der Waals surface area contributed by atoms with Gasteiger partial charge in [-0.05, 0) is 48.9 Å². The quantitative estimate of drug-likeness (QED) is 0.309. The monoisotopic (exact) mass is 432 g/mol. The van der Waals surface area contributed by atoms with E-state index in [1.165, 1.54) is 29.5 Å². The third-order valence-corrected chi connectivity index (χ3v) is 5.48. The molecule has 0 saturated carbocycles. The summed E-state index contributed by atoms with van der Waals surface area (Å²) < 4.78 is 13.2. The van der Waals surface area contributed by atoms with Crippen molar-refractivity contribution >= 4 is 40.1 Å². The van der Waals surface area contributed by atoms with E-state index in [9.17, 15) is 9.18 Å². The lowest BCUT2D eigenvalue weighted by Gasteiger charge is -2.11. The Balaban J connectivity index is 1.45. The Morgan fingerprint density at radius 2 is 1.71 bits per heavy atom. The van der Waals surface area contributed by atoms with E-state index in [0.29, 0.717) is 17.5 Å². The number of aromatic nitrogens is 2. The van der Waals surface area contributed by atoms with Gasteiger partial charge in [0.25, 0.3) is 0 Å². The van der Waals surface area contributed by atoms with Crippen LogP contribution in [0, 0.1) is 12.7 Å². The van der Waals surface area contributed by atoms with Crippen molar-refractivity contribution in [3.05, 3.63) is 89.7 Å². The van der Waals surface area contributed by atoms with Crippen molar-refractivity contribution in [1.82, 2.24) is 15.3 Å². The number of hydrogen-bond donors (Lipinski definition) is 2. The molecule has 2 N–H and O–H groups in total. The molecule has 7 heteroatoms. The summed E-state index contributed by atoms with van der Waals surface area (Å²) in [6.07, 6.45) is 0. The van der Waals surface area contributed by atoms with Gasteiger partial charge in [-0.3, -0.25) is 4.79 Å². The second-order valence-electron chi connectivity index (χ2n) is 7.05. The van der Waals surface area contributed by atoms with Crippen molar-refractivity contribution in [3.8, 4) is 0 Å². The van der Waals surface area contributed by atoms with E-state index in [1.807, 2.05) is 55.5 Å². The molecule has 1 heterocycles. The van der Waals surface area contributed by atoms with Gasteiger partial charge >= 0.3 is 0 Å². The first-order valence-corrected chi connectivity index (χ1v) is 10.8. The minimum Gasteiger partial charge on any atom is -0.351 e. The number of carbonyl (C=O) groups is 1. The highest BCUT2D eigenvalue weighted by Crippen LogP contribution is 2.27. The Kier molecular flexibility index (Phi) is 6.43.